The van der Waals surface area contributed by atoms with Crippen molar-refractivity contribution in [2.45, 2.75) is 37.3 Å². The van der Waals surface area contributed by atoms with Crippen molar-refractivity contribution in [2.75, 3.05) is 39.3 Å². The highest BCUT2D eigenvalue weighted by atomic mass is 35.5. The standard InChI is InChI=1S/C20H25ClF3N3O4S/c1-2-18(28)26-7-3-4-14(13-26)19(29)25-8-10-27(11-9-25)32(30,31)17-12-15(20(22,23)24)5-6-16(17)21/h5-6,12,14H,2-4,7-11,13H2,1H3. The van der Waals surface area contributed by atoms with Gasteiger partial charge < -0.3 is 9.80 Å². The predicted octanol–water partition coefficient (Wildman–Crippen LogP) is 2.84. The first-order chi connectivity index (χ1) is 14.9. The summed E-state index contributed by atoms with van der Waals surface area (Å²) in [5, 5.41) is -0.292. The van der Waals surface area contributed by atoms with Crippen molar-refractivity contribution in [2.24, 2.45) is 5.92 Å². The lowest BCUT2D eigenvalue weighted by Gasteiger charge is -2.38. The summed E-state index contributed by atoms with van der Waals surface area (Å²) in [6.07, 6.45) is -2.95. The van der Waals surface area contributed by atoms with Crippen LogP contribution in [0.4, 0.5) is 13.2 Å². The summed E-state index contributed by atoms with van der Waals surface area (Å²) in [6.45, 7) is 2.88. The van der Waals surface area contributed by atoms with Gasteiger partial charge in [0.2, 0.25) is 21.8 Å². The van der Waals surface area contributed by atoms with Gasteiger partial charge in [-0.3, -0.25) is 9.59 Å². The zero-order valence-electron chi connectivity index (χ0n) is 17.6. The number of piperazine rings is 1. The molecular weight excluding hydrogens is 471 g/mol. The number of amides is 2. The lowest BCUT2D eigenvalue weighted by Crippen LogP contribution is -2.54. The van der Waals surface area contributed by atoms with Gasteiger partial charge >= 0.3 is 6.18 Å². The van der Waals surface area contributed by atoms with Crippen molar-refractivity contribution in [3.63, 3.8) is 0 Å². The highest BCUT2D eigenvalue weighted by Gasteiger charge is 2.37. The lowest BCUT2D eigenvalue weighted by atomic mass is 9.96. The van der Waals surface area contributed by atoms with Gasteiger partial charge in [0.15, 0.2) is 0 Å². The number of carbonyl (C=O) groups is 2. The molecule has 1 aromatic rings. The molecule has 0 aliphatic carbocycles. The predicted molar refractivity (Wildman–Crippen MR) is 111 cm³/mol. The van der Waals surface area contributed by atoms with Gasteiger partial charge in [-0.2, -0.15) is 17.5 Å². The third kappa shape index (κ3) is 5.20. The Labute approximate surface area is 190 Å². The van der Waals surface area contributed by atoms with Crippen molar-refractivity contribution in [1.82, 2.24) is 14.1 Å². The number of sulfonamides is 1. The van der Waals surface area contributed by atoms with Crippen LogP contribution in [0.5, 0.6) is 0 Å². The summed E-state index contributed by atoms with van der Waals surface area (Å²) in [6, 6.07) is 2.19. The Morgan fingerprint density at radius 1 is 1.09 bits per heavy atom. The Kier molecular flexibility index (Phi) is 7.41. The van der Waals surface area contributed by atoms with E-state index in [4.69, 9.17) is 11.6 Å². The molecule has 2 aliphatic heterocycles. The summed E-state index contributed by atoms with van der Waals surface area (Å²) in [4.78, 5) is 27.5. The maximum atomic E-state index is 13.0. The second-order valence-corrected chi connectivity index (χ2v) is 10.2. The third-order valence-electron chi connectivity index (χ3n) is 5.85. The summed E-state index contributed by atoms with van der Waals surface area (Å²) >= 11 is 5.91. The van der Waals surface area contributed by atoms with Crippen molar-refractivity contribution >= 4 is 33.4 Å². The van der Waals surface area contributed by atoms with Crippen LogP contribution in [-0.2, 0) is 25.8 Å². The molecule has 0 bridgehead atoms. The molecule has 1 aromatic carbocycles. The topological polar surface area (TPSA) is 78.0 Å². The van der Waals surface area contributed by atoms with Gasteiger partial charge in [0.05, 0.1) is 16.5 Å². The van der Waals surface area contributed by atoms with E-state index in [-0.39, 0.29) is 48.9 Å². The quantitative estimate of drug-likeness (QED) is 0.643. The molecule has 2 saturated heterocycles. The molecule has 12 heteroatoms. The number of benzene rings is 1. The maximum absolute atomic E-state index is 13.0. The van der Waals surface area contributed by atoms with E-state index >= 15 is 0 Å². The van der Waals surface area contributed by atoms with E-state index in [0.29, 0.717) is 32.0 Å². The first-order valence-electron chi connectivity index (χ1n) is 10.4. The minimum absolute atomic E-state index is 0.00335. The molecule has 0 N–H and O–H groups in total. The minimum atomic E-state index is -4.70. The van der Waals surface area contributed by atoms with Crippen LogP contribution >= 0.6 is 11.6 Å². The fraction of sp³-hybridized carbons (Fsp3) is 0.600. The molecule has 2 amide bonds. The molecular formula is C20H25ClF3N3O4S. The summed E-state index contributed by atoms with van der Waals surface area (Å²) in [7, 11) is -4.26. The number of hydrogen-bond donors (Lipinski definition) is 0. The number of alkyl halides is 3. The zero-order chi connectivity index (χ0) is 23.7. The molecule has 2 fully saturated rings. The van der Waals surface area contributed by atoms with Crippen LogP contribution in [-0.4, -0.2) is 73.6 Å². The van der Waals surface area contributed by atoms with E-state index in [1.807, 2.05) is 0 Å². The highest BCUT2D eigenvalue weighted by Crippen LogP contribution is 2.34. The van der Waals surface area contributed by atoms with E-state index in [1.165, 1.54) is 0 Å². The fourth-order valence-electron chi connectivity index (χ4n) is 4.05. The van der Waals surface area contributed by atoms with Crippen LogP contribution in [0.25, 0.3) is 0 Å². The Bertz CT molecular complexity index is 979. The third-order valence-corrected chi connectivity index (χ3v) is 8.23. The van der Waals surface area contributed by atoms with E-state index in [9.17, 15) is 31.2 Å². The summed E-state index contributed by atoms with van der Waals surface area (Å²) < 4.78 is 66.0. The van der Waals surface area contributed by atoms with Crippen molar-refractivity contribution in [3.8, 4) is 0 Å². The molecule has 0 saturated carbocycles. The van der Waals surface area contributed by atoms with E-state index in [0.717, 1.165) is 22.9 Å². The molecule has 2 heterocycles. The van der Waals surface area contributed by atoms with E-state index < -0.39 is 26.7 Å². The second kappa shape index (κ2) is 9.56. The molecule has 0 spiro atoms. The van der Waals surface area contributed by atoms with Crippen molar-refractivity contribution < 1.29 is 31.2 Å². The Morgan fingerprint density at radius 2 is 1.75 bits per heavy atom. The number of halogens is 4. The van der Waals surface area contributed by atoms with Crippen LogP contribution in [0.2, 0.25) is 5.02 Å². The maximum Gasteiger partial charge on any atom is 0.416 e. The van der Waals surface area contributed by atoms with Gasteiger partial charge in [-0.05, 0) is 31.0 Å². The molecule has 1 atom stereocenters. The minimum Gasteiger partial charge on any atom is -0.342 e. The fourth-order valence-corrected chi connectivity index (χ4v) is 5.97. The number of rotatable bonds is 4. The molecule has 32 heavy (non-hydrogen) atoms. The van der Waals surface area contributed by atoms with E-state index in [2.05, 4.69) is 0 Å². The molecule has 3 rings (SSSR count). The van der Waals surface area contributed by atoms with Crippen molar-refractivity contribution in [3.05, 3.63) is 28.8 Å². The number of hydrogen-bond acceptors (Lipinski definition) is 4. The SMILES string of the molecule is CCC(=O)N1CCCC(C(=O)N2CCN(S(=O)(=O)c3cc(C(F)(F)F)ccc3Cl)CC2)C1. The Balaban J connectivity index is 1.68. The normalized spacial score (nSPS) is 21.0. The van der Waals surface area contributed by atoms with Crippen LogP contribution in [0.15, 0.2) is 23.1 Å². The Morgan fingerprint density at radius 3 is 2.34 bits per heavy atom. The smallest absolute Gasteiger partial charge is 0.342 e. The first kappa shape index (κ1) is 24.8. The van der Waals surface area contributed by atoms with Gasteiger partial charge in [-0.1, -0.05) is 18.5 Å². The van der Waals surface area contributed by atoms with Crippen LogP contribution in [0, 0.1) is 5.92 Å². The molecule has 7 nitrogen and oxygen atoms in total. The Hall–Kier alpha value is -1.85. The number of piperidine rings is 1. The van der Waals surface area contributed by atoms with Gasteiger partial charge in [-0.15, -0.1) is 0 Å². The van der Waals surface area contributed by atoms with Crippen LogP contribution in [0.3, 0.4) is 0 Å². The first-order valence-corrected chi connectivity index (χ1v) is 12.2. The largest absolute Gasteiger partial charge is 0.416 e. The van der Waals surface area contributed by atoms with E-state index in [1.54, 1.807) is 16.7 Å². The summed E-state index contributed by atoms with van der Waals surface area (Å²) in [5.41, 5.74) is -1.10. The molecule has 2 aliphatic rings. The molecule has 1 unspecified atom stereocenters. The van der Waals surface area contributed by atoms with Crippen LogP contribution < -0.4 is 0 Å². The second-order valence-electron chi connectivity index (χ2n) is 7.90. The van der Waals surface area contributed by atoms with Crippen LogP contribution in [0.1, 0.15) is 31.7 Å². The van der Waals surface area contributed by atoms with Gasteiger partial charge in [0.25, 0.3) is 0 Å². The number of nitrogens with zero attached hydrogens (tertiary/aromatic N) is 3. The van der Waals surface area contributed by atoms with Gasteiger partial charge in [-0.25, -0.2) is 8.42 Å². The monoisotopic (exact) mass is 495 g/mol. The number of likely N-dealkylation sites (tertiary alicyclic amines) is 1. The van der Waals surface area contributed by atoms with Crippen molar-refractivity contribution in [1.29, 1.82) is 0 Å². The molecule has 0 radical (unpaired) electrons. The number of carbonyl (C=O) groups excluding carboxylic acids is 2. The lowest BCUT2D eigenvalue weighted by molar-refractivity contribution is -0.142. The highest BCUT2D eigenvalue weighted by molar-refractivity contribution is 7.89. The molecule has 0 aromatic heterocycles. The average molecular weight is 496 g/mol. The summed E-state index contributed by atoms with van der Waals surface area (Å²) in [5.74, 6) is -0.468. The van der Waals surface area contributed by atoms with Gasteiger partial charge in [0, 0.05) is 45.7 Å². The average Bonchev–Trinajstić information content (AvgIpc) is 2.77. The van der Waals surface area contributed by atoms with Gasteiger partial charge in [0.1, 0.15) is 4.90 Å². The zero-order valence-corrected chi connectivity index (χ0v) is 19.1. The molecule has 178 valence electrons.